The molecule has 0 saturated carbocycles. The number of piperazine rings is 1. The third kappa shape index (κ3) is 4.77. The van der Waals surface area contributed by atoms with Gasteiger partial charge in [-0.3, -0.25) is 9.69 Å². The molecule has 4 rings (SSSR count). The first-order chi connectivity index (χ1) is 16.0. The molecule has 1 N–H and O–H groups in total. The number of pyridine rings is 2. The fraction of sp³-hybridized carbons (Fsp3) is 0.360. The molecule has 0 radical (unpaired) electrons. The van der Waals surface area contributed by atoms with Gasteiger partial charge in [0.2, 0.25) is 0 Å². The highest BCUT2D eigenvalue weighted by Gasteiger charge is 2.33. The van der Waals surface area contributed by atoms with Crippen LogP contribution >= 0.6 is 0 Å². The zero-order valence-corrected chi connectivity index (χ0v) is 18.9. The third-order valence-corrected chi connectivity index (χ3v) is 6.17. The number of hydrogen-bond acceptors (Lipinski definition) is 6. The smallest absolute Gasteiger partial charge is 0.259 e. The van der Waals surface area contributed by atoms with E-state index in [4.69, 9.17) is 4.74 Å². The van der Waals surface area contributed by atoms with E-state index in [0.717, 1.165) is 5.82 Å². The summed E-state index contributed by atoms with van der Waals surface area (Å²) in [5.41, 5.74) is 0.863. The van der Waals surface area contributed by atoms with Gasteiger partial charge in [0.05, 0.1) is 18.2 Å². The Morgan fingerprint density at radius 3 is 2.52 bits per heavy atom. The molecule has 3 aromatic rings. The SMILES string of the molecule is COCCn1c(C)cc(O)c(C(c2ccccc2F)N2CCN(c3ccccn3)CC2)c1=O. The van der Waals surface area contributed by atoms with Crippen molar-refractivity contribution in [2.75, 3.05) is 44.8 Å². The molecule has 1 atom stereocenters. The lowest BCUT2D eigenvalue weighted by Crippen LogP contribution is -2.49. The Morgan fingerprint density at radius 2 is 1.85 bits per heavy atom. The van der Waals surface area contributed by atoms with Gasteiger partial charge in [0.1, 0.15) is 17.4 Å². The van der Waals surface area contributed by atoms with Gasteiger partial charge in [-0.05, 0) is 31.2 Å². The highest BCUT2D eigenvalue weighted by molar-refractivity contribution is 5.43. The maximum Gasteiger partial charge on any atom is 0.259 e. The maximum absolute atomic E-state index is 15.0. The van der Waals surface area contributed by atoms with Crippen molar-refractivity contribution in [1.29, 1.82) is 0 Å². The van der Waals surface area contributed by atoms with Crippen LogP contribution in [-0.4, -0.2) is 59.5 Å². The number of aromatic nitrogens is 2. The van der Waals surface area contributed by atoms with Crippen LogP contribution in [0.1, 0.15) is 22.9 Å². The molecule has 1 aliphatic heterocycles. The van der Waals surface area contributed by atoms with Crippen molar-refractivity contribution in [2.24, 2.45) is 0 Å². The first-order valence-corrected chi connectivity index (χ1v) is 11.1. The van der Waals surface area contributed by atoms with E-state index in [1.54, 1.807) is 49.1 Å². The summed E-state index contributed by atoms with van der Waals surface area (Å²) in [6.07, 6.45) is 1.76. The zero-order valence-electron chi connectivity index (χ0n) is 18.9. The van der Waals surface area contributed by atoms with Crippen LogP contribution < -0.4 is 10.5 Å². The van der Waals surface area contributed by atoms with E-state index in [0.29, 0.717) is 50.6 Å². The largest absolute Gasteiger partial charge is 0.507 e. The highest BCUT2D eigenvalue weighted by Crippen LogP contribution is 2.34. The van der Waals surface area contributed by atoms with Crippen LogP contribution in [0.3, 0.4) is 0 Å². The second-order valence-corrected chi connectivity index (χ2v) is 8.17. The van der Waals surface area contributed by atoms with Gasteiger partial charge in [0.15, 0.2) is 0 Å². The van der Waals surface area contributed by atoms with Crippen LogP contribution in [0.15, 0.2) is 59.5 Å². The second-order valence-electron chi connectivity index (χ2n) is 8.17. The molecule has 8 heteroatoms. The second kappa shape index (κ2) is 10.1. The molecule has 1 aliphatic rings. The van der Waals surface area contributed by atoms with Crippen LogP contribution in [0.2, 0.25) is 0 Å². The van der Waals surface area contributed by atoms with Crippen molar-refractivity contribution in [3.8, 4) is 5.75 Å². The number of aryl methyl sites for hydroxylation is 1. The number of methoxy groups -OCH3 is 1. The number of benzene rings is 1. The molecule has 33 heavy (non-hydrogen) atoms. The summed E-state index contributed by atoms with van der Waals surface area (Å²) >= 11 is 0. The molecule has 3 heterocycles. The van der Waals surface area contributed by atoms with E-state index < -0.39 is 11.9 Å². The van der Waals surface area contributed by atoms with Crippen molar-refractivity contribution in [3.63, 3.8) is 0 Å². The molecule has 1 aromatic carbocycles. The fourth-order valence-electron chi connectivity index (χ4n) is 4.47. The molecule has 0 amide bonds. The Kier molecular flexibility index (Phi) is 7.05. The quantitative estimate of drug-likeness (QED) is 0.595. The van der Waals surface area contributed by atoms with E-state index >= 15 is 4.39 Å². The van der Waals surface area contributed by atoms with E-state index in [1.807, 2.05) is 18.2 Å². The van der Waals surface area contributed by atoms with Crippen LogP contribution in [0.5, 0.6) is 5.75 Å². The molecular formula is C25H29FN4O3. The molecule has 1 saturated heterocycles. The van der Waals surface area contributed by atoms with Gasteiger partial charge >= 0.3 is 0 Å². The van der Waals surface area contributed by atoms with Crippen LogP contribution in [0, 0.1) is 12.7 Å². The van der Waals surface area contributed by atoms with Gasteiger partial charge in [-0.25, -0.2) is 9.37 Å². The Bertz CT molecular complexity index is 1140. The fourth-order valence-corrected chi connectivity index (χ4v) is 4.47. The zero-order chi connectivity index (χ0) is 23.4. The molecule has 0 bridgehead atoms. The maximum atomic E-state index is 15.0. The van der Waals surface area contributed by atoms with Gasteiger partial charge in [-0.15, -0.1) is 0 Å². The van der Waals surface area contributed by atoms with Gasteiger partial charge in [-0.1, -0.05) is 24.3 Å². The Balaban J connectivity index is 1.74. The summed E-state index contributed by atoms with van der Waals surface area (Å²) in [7, 11) is 1.57. The van der Waals surface area contributed by atoms with Gasteiger partial charge < -0.3 is 19.3 Å². The van der Waals surface area contributed by atoms with Gasteiger partial charge in [0.25, 0.3) is 5.56 Å². The lowest BCUT2D eigenvalue weighted by Gasteiger charge is -2.40. The van der Waals surface area contributed by atoms with Gasteiger partial charge in [0, 0.05) is 57.3 Å². The predicted molar refractivity (Wildman–Crippen MR) is 125 cm³/mol. The molecule has 0 spiro atoms. The molecule has 1 fully saturated rings. The van der Waals surface area contributed by atoms with Crippen LogP contribution in [0.4, 0.5) is 10.2 Å². The number of rotatable bonds is 7. The third-order valence-electron chi connectivity index (χ3n) is 6.17. The highest BCUT2D eigenvalue weighted by atomic mass is 19.1. The minimum atomic E-state index is -0.709. The van der Waals surface area contributed by atoms with E-state index in [2.05, 4.69) is 14.8 Å². The summed E-state index contributed by atoms with van der Waals surface area (Å²) in [6, 6.07) is 13.1. The number of aromatic hydroxyl groups is 1. The van der Waals surface area contributed by atoms with Crippen molar-refractivity contribution >= 4 is 5.82 Å². The van der Waals surface area contributed by atoms with Crippen molar-refractivity contribution in [1.82, 2.24) is 14.5 Å². The first-order valence-electron chi connectivity index (χ1n) is 11.1. The summed E-state index contributed by atoms with van der Waals surface area (Å²) in [5, 5.41) is 10.9. The summed E-state index contributed by atoms with van der Waals surface area (Å²) in [6.45, 7) is 4.99. The Labute approximate surface area is 192 Å². The number of hydrogen-bond donors (Lipinski definition) is 1. The molecule has 0 aliphatic carbocycles. The normalized spacial score (nSPS) is 15.5. The van der Waals surface area contributed by atoms with Crippen molar-refractivity contribution < 1.29 is 14.2 Å². The van der Waals surface area contributed by atoms with E-state index in [1.165, 1.54) is 6.07 Å². The van der Waals surface area contributed by atoms with Crippen molar-refractivity contribution in [3.05, 3.63) is 87.7 Å². The van der Waals surface area contributed by atoms with Gasteiger partial charge in [-0.2, -0.15) is 0 Å². The Hall–Kier alpha value is -3.23. The summed E-state index contributed by atoms with van der Waals surface area (Å²) in [4.78, 5) is 22.2. The molecular weight excluding hydrogens is 423 g/mol. The minimum absolute atomic E-state index is 0.119. The van der Waals surface area contributed by atoms with E-state index in [-0.39, 0.29) is 16.9 Å². The number of halogens is 1. The van der Waals surface area contributed by atoms with Crippen LogP contribution in [-0.2, 0) is 11.3 Å². The monoisotopic (exact) mass is 452 g/mol. The van der Waals surface area contributed by atoms with Crippen LogP contribution in [0.25, 0.3) is 0 Å². The average Bonchev–Trinajstić information content (AvgIpc) is 2.83. The van der Waals surface area contributed by atoms with Crippen molar-refractivity contribution in [2.45, 2.75) is 19.5 Å². The Morgan fingerprint density at radius 1 is 1.12 bits per heavy atom. The lowest BCUT2D eigenvalue weighted by atomic mass is 9.95. The molecule has 7 nitrogen and oxygen atoms in total. The number of nitrogens with zero attached hydrogens (tertiary/aromatic N) is 4. The van der Waals surface area contributed by atoms with E-state index in [9.17, 15) is 9.90 Å². The molecule has 1 unspecified atom stereocenters. The topological polar surface area (TPSA) is 70.8 Å². The lowest BCUT2D eigenvalue weighted by molar-refractivity contribution is 0.183. The number of ether oxygens (including phenoxy) is 1. The standard InChI is InChI=1S/C25H29FN4O3/c1-18-17-21(31)23(25(32)30(18)15-16-33-2)24(19-7-3-4-8-20(19)26)29-13-11-28(12-14-29)22-9-5-6-10-27-22/h3-10,17,24,31H,11-16H2,1-2H3. The molecule has 174 valence electrons. The molecule has 2 aromatic heterocycles. The summed E-state index contributed by atoms with van der Waals surface area (Å²) in [5.74, 6) is 0.365. The average molecular weight is 453 g/mol. The number of anilines is 1. The summed E-state index contributed by atoms with van der Waals surface area (Å²) < 4.78 is 21.7. The first kappa shape index (κ1) is 22.9. The predicted octanol–water partition coefficient (Wildman–Crippen LogP) is 2.95. The minimum Gasteiger partial charge on any atom is -0.507 e.